The van der Waals surface area contributed by atoms with Crippen molar-refractivity contribution in [2.45, 2.75) is 26.3 Å². The molecular weight excluding hydrogens is 286 g/mol. The Morgan fingerprint density at radius 1 is 1.53 bits per heavy atom. The molecule has 0 aliphatic heterocycles. The van der Waals surface area contributed by atoms with Crippen LogP contribution in [0.2, 0.25) is 0 Å². The van der Waals surface area contributed by atoms with Gasteiger partial charge in [-0.05, 0) is 33.0 Å². The van der Waals surface area contributed by atoms with Crippen LogP contribution in [0.1, 0.15) is 29.3 Å². The minimum absolute atomic E-state index is 0. The number of Topliss-reactive ketones (excluding diaryl/α,β-unsaturated/α-hetero) is 1. The summed E-state index contributed by atoms with van der Waals surface area (Å²) in [5, 5.41) is 7.05. The minimum Gasteiger partial charge on any atom is -0.333 e. The zero-order valence-electron chi connectivity index (χ0n) is 11.0. The zero-order chi connectivity index (χ0) is 13.1. The van der Waals surface area contributed by atoms with Crippen LogP contribution in [0.15, 0.2) is 16.7 Å². The number of hydrogen-bond acceptors (Lipinski definition) is 6. The van der Waals surface area contributed by atoms with Crippen molar-refractivity contribution in [3.63, 3.8) is 0 Å². The first kappa shape index (κ1) is 15.8. The molecule has 0 amide bonds. The summed E-state index contributed by atoms with van der Waals surface area (Å²) in [6.07, 6.45) is 0.713. The first-order valence-corrected chi connectivity index (χ1v) is 6.52. The number of nitrogens with one attached hydrogen (secondary N) is 1. The van der Waals surface area contributed by atoms with Crippen LogP contribution in [0.25, 0.3) is 10.8 Å². The predicted octanol–water partition coefficient (Wildman–Crippen LogP) is 2.57. The second kappa shape index (κ2) is 6.79. The van der Waals surface area contributed by atoms with E-state index in [-0.39, 0.29) is 18.2 Å². The lowest BCUT2D eigenvalue weighted by atomic mass is 10.2. The number of nitrogens with zero attached hydrogens (tertiary/aromatic N) is 2. The van der Waals surface area contributed by atoms with Crippen molar-refractivity contribution >= 4 is 29.5 Å². The van der Waals surface area contributed by atoms with E-state index in [2.05, 4.69) is 22.4 Å². The van der Waals surface area contributed by atoms with Crippen LogP contribution in [0, 0.1) is 0 Å². The monoisotopic (exact) mass is 301 g/mol. The number of halogens is 1. The number of rotatable bonds is 5. The maximum Gasteiger partial charge on any atom is 0.268 e. The number of hydrogen-bond donors (Lipinski definition) is 1. The summed E-state index contributed by atoms with van der Waals surface area (Å²) in [6, 6.07) is 3.91. The number of carbonyl (C=O) groups is 1. The molecule has 0 radical (unpaired) electrons. The van der Waals surface area contributed by atoms with Gasteiger partial charge < -0.3 is 9.84 Å². The Morgan fingerprint density at radius 2 is 2.26 bits per heavy atom. The Labute approximate surface area is 121 Å². The highest BCUT2D eigenvalue weighted by Crippen LogP contribution is 2.27. The molecule has 1 atom stereocenters. The Balaban J connectivity index is 0.00000180. The van der Waals surface area contributed by atoms with Crippen LogP contribution in [-0.4, -0.2) is 29.0 Å². The van der Waals surface area contributed by atoms with Crippen LogP contribution in [0.4, 0.5) is 0 Å². The SMILES string of the molecule is CNC(C)Cc1noc(-c2ccc(C(C)=O)s2)n1.Cl. The largest absolute Gasteiger partial charge is 0.333 e. The molecule has 5 nitrogen and oxygen atoms in total. The standard InChI is InChI=1S/C12H15N3O2S.ClH/c1-7(13-3)6-11-14-12(17-15-11)10-5-4-9(18-10)8(2)16;/h4-5,7,13H,6H2,1-3H3;1H. The van der Waals surface area contributed by atoms with E-state index in [0.29, 0.717) is 29.1 Å². The molecule has 0 saturated carbocycles. The summed E-state index contributed by atoms with van der Waals surface area (Å²) in [6.45, 7) is 3.60. The van der Waals surface area contributed by atoms with Gasteiger partial charge in [-0.1, -0.05) is 5.16 Å². The van der Waals surface area contributed by atoms with Gasteiger partial charge in [-0.3, -0.25) is 4.79 Å². The van der Waals surface area contributed by atoms with Gasteiger partial charge in [-0.15, -0.1) is 23.7 Å². The zero-order valence-corrected chi connectivity index (χ0v) is 12.6. The van der Waals surface area contributed by atoms with Crippen LogP contribution in [0.3, 0.4) is 0 Å². The van der Waals surface area contributed by atoms with Crippen molar-refractivity contribution < 1.29 is 9.32 Å². The third kappa shape index (κ3) is 3.86. The molecule has 0 saturated heterocycles. The summed E-state index contributed by atoms with van der Waals surface area (Å²) in [4.78, 5) is 17.1. The highest BCUT2D eigenvalue weighted by Gasteiger charge is 2.14. The Morgan fingerprint density at radius 3 is 2.84 bits per heavy atom. The highest BCUT2D eigenvalue weighted by molar-refractivity contribution is 7.17. The van der Waals surface area contributed by atoms with E-state index in [4.69, 9.17) is 4.52 Å². The van der Waals surface area contributed by atoms with Crippen molar-refractivity contribution in [3.05, 3.63) is 22.8 Å². The van der Waals surface area contributed by atoms with Crippen LogP contribution in [0.5, 0.6) is 0 Å². The number of carbonyl (C=O) groups excluding carboxylic acids is 1. The molecule has 0 fully saturated rings. The average molecular weight is 302 g/mol. The van der Waals surface area contributed by atoms with Gasteiger partial charge in [0.15, 0.2) is 11.6 Å². The van der Waals surface area contributed by atoms with Crippen molar-refractivity contribution in [1.29, 1.82) is 0 Å². The van der Waals surface area contributed by atoms with E-state index in [9.17, 15) is 4.79 Å². The third-order valence-electron chi connectivity index (χ3n) is 2.61. The molecule has 7 heteroatoms. The molecule has 0 aromatic carbocycles. The van der Waals surface area contributed by atoms with Crippen LogP contribution in [-0.2, 0) is 6.42 Å². The van der Waals surface area contributed by atoms with E-state index in [1.807, 2.05) is 13.1 Å². The predicted molar refractivity (Wildman–Crippen MR) is 77.1 cm³/mol. The second-order valence-electron chi connectivity index (χ2n) is 4.13. The van der Waals surface area contributed by atoms with Gasteiger partial charge in [0.2, 0.25) is 0 Å². The minimum atomic E-state index is 0. The van der Waals surface area contributed by atoms with Crippen LogP contribution >= 0.6 is 23.7 Å². The van der Waals surface area contributed by atoms with Crippen molar-refractivity contribution in [2.75, 3.05) is 7.05 Å². The normalized spacial score (nSPS) is 11.9. The van der Waals surface area contributed by atoms with Gasteiger partial charge in [-0.2, -0.15) is 4.98 Å². The van der Waals surface area contributed by atoms with Gasteiger partial charge >= 0.3 is 0 Å². The number of aromatic nitrogens is 2. The smallest absolute Gasteiger partial charge is 0.268 e. The fourth-order valence-electron chi connectivity index (χ4n) is 1.45. The van der Waals surface area contributed by atoms with Crippen molar-refractivity contribution in [3.8, 4) is 10.8 Å². The summed E-state index contributed by atoms with van der Waals surface area (Å²) in [7, 11) is 1.89. The topological polar surface area (TPSA) is 68.0 Å². The van der Waals surface area contributed by atoms with E-state index in [0.717, 1.165) is 4.88 Å². The Kier molecular flexibility index (Phi) is 5.65. The molecule has 2 aromatic heterocycles. The average Bonchev–Trinajstić information content (AvgIpc) is 2.96. The summed E-state index contributed by atoms with van der Waals surface area (Å²) in [5.74, 6) is 1.20. The number of ketones is 1. The molecule has 0 spiro atoms. The lowest BCUT2D eigenvalue weighted by Crippen LogP contribution is -2.24. The molecule has 2 rings (SSSR count). The van der Waals surface area contributed by atoms with E-state index in [1.165, 1.54) is 11.3 Å². The van der Waals surface area contributed by atoms with Crippen molar-refractivity contribution in [2.24, 2.45) is 0 Å². The molecule has 104 valence electrons. The lowest BCUT2D eigenvalue weighted by molar-refractivity contribution is 0.102. The molecule has 2 aromatic rings. The fourth-order valence-corrected chi connectivity index (χ4v) is 2.28. The quantitative estimate of drug-likeness (QED) is 0.860. The summed E-state index contributed by atoms with van der Waals surface area (Å²) in [5.41, 5.74) is 0. The maximum absolute atomic E-state index is 11.2. The summed E-state index contributed by atoms with van der Waals surface area (Å²) < 4.78 is 5.20. The molecule has 1 N–H and O–H groups in total. The Bertz CT molecular complexity index is 553. The van der Waals surface area contributed by atoms with Gasteiger partial charge in [-0.25, -0.2) is 0 Å². The van der Waals surface area contributed by atoms with Gasteiger partial charge in [0.1, 0.15) is 0 Å². The first-order valence-electron chi connectivity index (χ1n) is 5.71. The van der Waals surface area contributed by atoms with Gasteiger partial charge in [0.25, 0.3) is 5.89 Å². The molecular formula is C12H16ClN3O2S. The molecule has 2 heterocycles. The second-order valence-corrected chi connectivity index (χ2v) is 5.21. The van der Waals surface area contributed by atoms with E-state index in [1.54, 1.807) is 13.0 Å². The highest BCUT2D eigenvalue weighted by atomic mass is 35.5. The van der Waals surface area contributed by atoms with Gasteiger partial charge in [0.05, 0.1) is 9.75 Å². The molecule has 1 unspecified atom stereocenters. The van der Waals surface area contributed by atoms with Crippen molar-refractivity contribution in [1.82, 2.24) is 15.5 Å². The lowest BCUT2D eigenvalue weighted by Gasteiger charge is -2.04. The maximum atomic E-state index is 11.2. The summed E-state index contributed by atoms with van der Waals surface area (Å²) >= 11 is 1.37. The Hall–Kier alpha value is -1.24. The third-order valence-corrected chi connectivity index (χ3v) is 3.79. The van der Waals surface area contributed by atoms with Crippen LogP contribution < -0.4 is 5.32 Å². The molecule has 0 bridgehead atoms. The van der Waals surface area contributed by atoms with Gasteiger partial charge in [0, 0.05) is 12.5 Å². The molecule has 0 aliphatic carbocycles. The first-order chi connectivity index (χ1) is 8.60. The molecule has 0 aliphatic rings. The molecule has 19 heavy (non-hydrogen) atoms. The number of likely N-dealkylation sites (N-methyl/N-ethyl adjacent to an activating group) is 1. The fraction of sp³-hybridized carbons (Fsp3) is 0.417. The van der Waals surface area contributed by atoms with E-state index >= 15 is 0 Å². The number of thiophene rings is 1. The van der Waals surface area contributed by atoms with E-state index < -0.39 is 0 Å².